The van der Waals surface area contributed by atoms with Gasteiger partial charge in [0.15, 0.2) is 0 Å². The summed E-state index contributed by atoms with van der Waals surface area (Å²) in [6.07, 6.45) is 3.96. The van der Waals surface area contributed by atoms with Gasteiger partial charge >= 0.3 is 0 Å². The van der Waals surface area contributed by atoms with Gasteiger partial charge in [-0.3, -0.25) is 4.79 Å². The van der Waals surface area contributed by atoms with Crippen molar-refractivity contribution in [3.8, 4) is 0 Å². The van der Waals surface area contributed by atoms with Crippen LogP contribution in [0.15, 0.2) is 17.5 Å². The number of nitrogens with two attached hydrogens (primary N) is 1. The molecule has 0 aliphatic carbocycles. The highest BCUT2D eigenvalue weighted by molar-refractivity contribution is 7.09. The minimum absolute atomic E-state index is 0.00838. The number of hydrogen-bond acceptors (Lipinski definition) is 4. The van der Waals surface area contributed by atoms with Crippen LogP contribution in [0, 0.1) is 0 Å². The number of thiazole rings is 1. The number of aromatic nitrogens is 1. The van der Waals surface area contributed by atoms with Crippen LogP contribution in [0.4, 0.5) is 0 Å². The minimum atomic E-state index is -0.00838. The van der Waals surface area contributed by atoms with Crippen molar-refractivity contribution >= 4 is 17.2 Å². The van der Waals surface area contributed by atoms with Gasteiger partial charge in [0.1, 0.15) is 10.7 Å². The van der Waals surface area contributed by atoms with E-state index in [-0.39, 0.29) is 5.91 Å². The number of amides is 1. The summed E-state index contributed by atoms with van der Waals surface area (Å²) in [4.78, 5) is 17.7. The average Bonchev–Trinajstić information content (AvgIpc) is 2.88. The van der Waals surface area contributed by atoms with Crippen molar-refractivity contribution in [1.29, 1.82) is 0 Å². The molecule has 1 aromatic rings. The molecule has 0 radical (unpaired) electrons. The van der Waals surface area contributed by atoms with Gasteiger partial charge in [0.2, 0.25) is 0 Å². The summed E-state index contributed by atoms with van der Waals surface area (Å²) in [6, 6.07) is 0. The van der Waals surface area contributed by atoms with Crippen LogP contribution in [-0.2, 0) is 6.54 Å². The molecule has 0 saturated carbocycles. The Hall–Kier alpha value is -1.20. The first kappa shape index (κ1) is 9.36. The zero-order chi connectivity index (χ0) is 9.97. The summed E-state index contributed by atoms with van der Waals surface area (Å²) in [5.41, 5.74) is 5.94. The van der Waals surface area contributed by atoms with Crippen molar-refractivity contribution in [3.05, 3.63) is 28.2 Å². The Morgan fingerprint density at radius 3 is 2.86 bits per heavy atom. The molecule has 0 aromatic carbocycles. The highest BCUT2D eigenvalue weighted by Gasteiger charge is 2.18. The lowest BCUT2D eigenvalue weighted by Gasteiger charge is -2.12. The molecule has 1 aliphatic heterocycles. The standard InChI is InChI=1S/C9H11N3OS/c10-5-8-11-7(6-14-8)9(13)12-3-1-2-4-12/h1-2,6H,3-5,10H2. The van der Waals surface area contributed by atoms with E-state index in [4.69, 9.17) is 5.73 Å². The van der Waals surface area contributed by atoms with E-state index in [1.54, 1.807) is 10.3 Å². The lowest BCUT2D eigenvalue weighted by atomic mass is 10.4. The van der Waals surface area contributed by atoms with E-state index in [0.717, 1.165) is 5.01 Å². The van der Waals surface area contributed by atoms with Crippen molar-refractivity contribution in [2.24, 2.45) is 5.73 Å². The number of carbonyl (C=O) groups excluding carboxylic acids is 1. The summed E-state index contributed by atoms with van der Waals surface area (Å²) in [5, 5.41) is 2.57. The lowest BCUT2D eigenvalue weighted by molar-refractivity contribution is 0.0795. The SMILES string of the molecule is NCc1nc(C(=O)N2CC=CC2)cs1. The Labute approximate surface area is 86.0 Å². The van der Waals surface area contributed by atoms with E-state index in [1.165, 1.54) is 11.3 Å². The quantitative estimate of drug-likeness (QED) is 0.726. The van der Waals surface area contributed by atoms with Crippen LogP contribution in [0.5, 0.6) is 0 Å². The Bertz CT molecular complexity index is 364. The molecule has 2 rings (SSSR count). The molecule has 74 valence electrons. The predicted molar refractivity (Wildman–Crippen MR) is 55.0 cm³/mol. The monoisotopic (exact) mass is 209 g/mol. The molecule has 0 fully saturated rings. The first-order valence-corrected chi connectivity index (χ1v) is 5.28. The molecule has 0 spiro atoms. The molecular formula is C9H11N3OS. The van der Waals surface area contributed by atoms with Crippen LogP contribution in [0.1, 0.15) is 15.5 Å². The zero-order valence-corrected chi connectivity index (χ0v) is 8.46. The van der Waals surface area contributed by atoms with Gasteiger partial charge in [-0.2, -0.15) is 0 Å². The second-order valence-electron chi connectivity index (χ2n) is 3.01. The summed E-state index contributed by atoms with van der Waals surface area (Å²) >= 11 is 1.43. The largest absolute Gasteiger partial charge is 0.330 e. The van der Waals surface area contributed by atoms with Crippen molar-refractivity contribution < 1.29 is 4.79 Å². The van der Waals surface area contributed by atoms with Crippen LogP contribution in [-0.4, -0.2) is 28.9 Å². The zero-order valence-electron chi connectivity index (χ0n) is 7.64. The molecule has 5 heteroatoms. The molecule has 0 saturated heterocycles. The maximum Gasteiger partial charge on any atom is 0.273 e. The molecule has 1 aromatic heterocycles. The Kier molecular flexibility index (Phi) is 2.60. The van der Waals surface area contributed by atoms with Crippen LogP contribution >= 0.6 is 11.3 Å². The second-order valence-corrected chi connectivity index (χ2v) is 3.95. The number of rotatable bonds is 2. The van der Waals surface area contributed by atoms with Crippen LogP contribution in [0.2, 0.25) is 0 Å². The molecule has 2 heterocycles. The van der Waals surface area contributed by atoms with Gasteiger partial charge in [0.05, 0.1) is 0 Å². The van der Waals surface area contributed by atoms with E-state index in [0.29, 0.717) is 25.3 Å². The summed E-state index contributed by atoms with van der Waals surface area (Å²) < 4.78 is 0. The molecule has 2 N–H and O–H groups in total. The van der Waals surface area contributed by atoms with Gasteiger partial charge in [-0.05, 0) is 0 Å². The molecule has 1 amide bonds. The number of carbonyl (C=O) groups is 1. The first-order valence-electron chi connectivity index (χ1n) is 4.40. The molecule has 1 aliphatic rings. The van der Waals surface area contributed by atoms with Crippen molar-refractivity contribution in [1.82, 2.24) is 9.88 Å². The fourth-order valence-corrected chi connectivity index (χ4v) is 1.96. The fraction of sp³-hybridized carbons (Fsp3) is 0.333. The van der Waals surface area contributed by atoms with E-state index in [2.05, 4.69) is 4.98 Å². The van der Waals surface area contributed by atoms with Crippen molar-refractivity contribution in [2.45, 2.75) is 6.54 Å². The van der Waals surface area contributed by atoms with Gasteiger partial charge in [-0.1, -0.05) is 12.2 Å². The first-order chi connectivity index (χ1) is 6.81. The molecule has 0 atom stereocenters. The Morgan fingerprint density at radius 2 is 2.29 bits per heavy atom. The van der Waals surface area contributed by atoms with Crippen LogP contribution in [0.3, 0.4) is 0 Å². The minimum Gasteiger partial charge on any atom is -0.330 e. The predicted octanol–water partition coefficient (Wildman–Crippen LogP) is 0.614. The maximum absolute atomic E-state index is 11.8. The van der Waals surface area contributed by atoms with Crippen molar-refractivity contribution in [3.63, 3.8) is 0 Å². The van der Waals surface area contributed by atoms with Gasteiger partial charge in [0, 0.05) is 25.0 Å². The third-order valence-corrected chi connectivity index (χ3v) is 2.92. The molecule has 0 unspecified atom stereocenters. The van der Waals surface area contributed by atoms with Gasteiger partial charge in [0.25, 0.3) is 5.91 Å². The van der Waals surface area contributed by atoms with E-state index in [9.17, 15) is 4.79 Å². The topological polar surface area (TPSA) is 59.2 Å². The van der Waals surface area contributed by atoms with Crippen LogP contribution < -0.4 is 5.73 Å². The van der Waals surface area contributed by atoms with Gasteiger partial charge in [-0.15, -0.1) is 11.3 Å². The van der Waals surface area contributed by atoms with E-state index >= 15 is 0 Å². The summed E-state index contributed by atoms with van der Waals surface area (Å²) in [5.74, 6) is -0.00838. The lowest BCUT2D eigenvalue weighted by Crippen LogP contribution is -2.28. The fourth-order valence-electron chi connectivity index (χ4n) is 1.31. The summed E-state index contributed by atoms with van der Waals surface area (Å²) in [7, 11) is 0. The Balaban J connectivity index is 2.10. The number of nitrogens with zero attached hydrogens (tertiary/aromatic N) is 2. The van der Waals surface area contributed by atoms with Gasteiger partial charge in [-0.25, -0.2) is 4.98 Å². The normalized spacial score (nSPS) is 15.1. The molecule has 4 nitrogen and oxygen atoms in total. The molecule has 14 heavy (non-hydrogen) atoms. The third-order valence-electron chi connectivity index (χ3n) is 2.05. The molecular weight excluding hydrogens is 198 g/mol. The smallest absolute Gasteiger partial charge is 0.273 e. The second kappa shape index (κ2) is 3.89. The highest BCUT2D eigenvalue weighted by Crippen LogP contribution is 2.12. The Morgan fingerprint density at radius 1 is 1.57 bits per heavy atom. The van der Waals surface area contributed by atoms with Gasteiger partial charge < -0.3 is 10.6 Å². The molecule has 0 bridgehead atoms. The van der Waals surface area contributed by atoms with E-state index < -0.39 is 0 Å². The summed E-state index contributed by atoms with van der Waals surface area (Å²) in [6.45, 7) is 1.78. The van der Waals surface area contributed by atoms with Crippen molar-refractivity contribution in [2.75, 3.05) is 13.1 Å². The highest BCUT2D eigenvalue weighted by atomic mass is 32.1. The van der Waals surface area contributed by atoms with E-state index in [1.807, 2.05) is 12.2 Å². The number of hydrogen-bond donors (Lipinski definition) is 1. The maximum atomic E-state index is 11.8. The average molecular weight is 209 g/mol. The third kappa shape index (κ3) is 1.69. The van der Waals surface area contributed by atoms with Crippen LogP contribution in [0.25, 0.3) is 0 Å².